The molecule has 4 rings (SSSR count). The summed E-state index contributed by atoms with van der Waals surface area (Å²) >= 11 is 0. The number of rotatable bonds is 8. The molecule has 0 radical (unpaired) electrons. The SMILES string of the molecule is Cc1c(C(N)=O)c(O)[nH]c(=O)c1N=Nc1ccc(CCO)cc1.Cc1cc(=O)[nH]c(O)c1C(N)=O.Nc1ccc(CCO)cc1. The zero-order chi connectivity index (χ0) is 33.7. The molecule has 0 fully saturated rings. The fourth-order valence-electron chi connectivity index (χ4n) is 3.88. The number of hydrogen-bond acceptors (Lipinski definition) is 11. The third-order valence-corrected chi connectivity index (χ3v) is 6.11. The number of azo groups is 1. The van der Waals surface area contributed by atoms with Gasteiger partial charge in [-0.3, -0.25) is 29.1 Å². The highest BCUT2D eigenvalue weighted by molar-refractivity contribution is 5.97. The van der Waals surface area contributed by atoms with Gasteiger partial charge in [0.05, 0.1) is 5.69 Å². The normalized spacial score (nSPS) is 10.4. The lowest BCUT2D eigenvalue weighted by Gasteiger charge is -2.06. The van der Waals surface area contributed by atoms with Crippen molar-refractivity contribution in [3.8, 4) is 11.8 Å². The highest BCUT2D eigenvalue weighted by Gasteiger charge is 2.18. The second-order valence-electron chi connectivity index (χ2n) is 9.48. The molecular weight excluding hydrogens is 586 g/mol. The van der Waals surface area contributed by atoms with Gasteiger partial charge in [-0.25, -0.2) is 0 Å². The van der Waals surface area contributed by atoms with Crippen LogP contribution in [-0.4, -0.2) is 55.4 Å². The Labute approximate surface area is 256 Å². The van der Waals surface area contributed by atoms with Crippen LogP contribution in [0.4, 0.5) is 17.1 Å². The smallest absolute Gasteiger partial charge is 0.278 e. The maximum Gasteiger partial charge on any atom is 0.278 e. The van der Waals surface area contributed by atoms with E-state index < -0.39 is 34.7 Å². The summed E-state index contributed by atoms with van der Waals surface area (Å²) in [6.45, 7) is 3.23. The molecule has 0 aliphatic heterocycles. The minimum absolute atomic E-state index is 0.0467. The summed E-state index contributed by atoms with van der Waals surface area (Å²) in [4.78, 5) is 48.8. The van der Waals surface area contributed by atoms with E-state index in [-0.39, 0.29) is 35.6 Å². The quantitative estimate of drug-likeness (QED) is 0.102. The molecule has 2 aromatic heterocycles. The van der Waals surface area contributed by atoms with E-state index in [0.717, 1.165) is 16.8 Å². The zero-order valence-electron chi connectivity index (χ0n) is 24.6. The largest absolute Gasteiger partial charge is 0.494 e. The molecule has 15 nitrogen and oxygen atoms in total. The Morgan fingerprint density at radius 1 is 0.756 bits per heavy atom. The first kappa shape index (κ1) is 35.4. The Morgan fingerprint density at radius 3 is 1.71 bits per heavy atom. The van der Waals surface area contributed by atoms with Gasteiger partial charge in [-0.1, -0.05) is 24.3 Å². The van der Waals surface area contributed by atoms with Crippen LogP contribution in [0.3, 0.4) is 0 Å². The Hall–Kier alpha value is -5.80. The Bertz CT molecular complexity index is 1740. The van der Waals surface area contributed by atoms with Gasteiger partial charge < -0.3 is 37.6 Å². The van der Waals surface area contributed by atoms with E-state index in [1.165, 1.54) is 19.9 Å². The summed E-state index contributed by atoms with van der Waals surface area (Å²) < 4.78 is 0. The number of nitrogen functional groups attached to an aromatic ring is 1. The second kappa shape index (κ2) is 16.7. The number of anilines is 1. The van der Waals surface area contributed by atoms with Crippen LogP contribution in [0.2, 0.25) is 0 Å². The lowest BCUT2D eigenvalue weighted by molar-refractivity contribution is 0.0987. The molecule has 12 N–H and O–H groups in total. The Morgan fingerprint density at radius 2 is 1.24 bits per heavy atom. The molecule has 0 atom stereocenters. The van der Waals surface area contributed by atoms with Crippen molar-refractivity contribution in [2.24, 2.45) is 21.7 Å². The first-order valence-corrected chi connectivity index (χ1v) is 13.3. The molecule has 0 saturated carbocycles. The number of aromatic amines is 2. The van der Waals surface area contributed by atoms with Crippen molar-refractivity contribution < 1.29 is 30.0 Å². The van der Waals surface area contributed by atoms with Crippen molar-refractivity contribution in [1.29, 1.82) is 0 Å². The van der Waals surface area contributed by atoms with Gasteiger partial charge in [-0.2, -0.15) is 5.11 Å². The van der Waals surface area contributed by atoms with Gasteiger partial charge in [0.25, 0.3) is 22.9 Å². The highest BCUT2D eigenvalue weighted by Crippen LogP contribution is 2.25. The van der Waals surface area contributed by atoms with Crippen LogP contribution in [0, 0.1) is 13.8 Å². The number of nitrogens with zero attached hydrogens (tertiary/aromatic N) is 2. The number of amides is 2. The van der Waals surface area contributed by atoms with Crippen LogP contribution in [0.5, 0.6) is 11.8 Å². The Kier molecular flexibility index (Phi) is 13.2. The number of nitrogens with one attached hydrogen (secondary N) is 2. The molecule has 15 heteroatoms. The molecule has 0 saturated heterocycles. The molecular formula is C30H35N7O8. The fourth-order valence-corrected chi connectivity index (χ4v) is 3.88. The van der Waals surface area contributed by atoms with Crippen LogP contribution in [0.15, 0.2) is 74.4 Å². The van der Waals surface area contributed by atoms with Crippen molar-refractivity contribution in [1.82, 2.24) is 9.97 Å². The molecule has 0 spiro atoms. The lowest BCUT2D eigenvalue weighted by atomic mass is 10.1. The van der Waals surface area contributed by atoms with Gasteiger partial charge in [0.15, 0.2) is 5.69 Å². The zero-order valence-corrected chi connectivity index (χ0v) is 24.6. The first-order valence-electron chi connectivity index (χ1n) is 13.3. The van der Waals surface area contributed by atoms with E-state index in [0.29, 0.717) is 24.1 Å². The molecule has 0 unspecified atom stereocenters. The van der Waals surface area contributed by atoms with E-state index >= 15 is 0 Å². The number of carbonyl (C=O) groups excluding carboxylic acids is 2. The summed E-state index contributed by atoms with van der Waals surface area (Å²) in [7, 11) is 0. The third-order valence-electron chi connectivity index (χ3n) is 6.11. The maximum absolute atomic E-state index is 11.8. The Balaban J connectivity index is 0.000000267. The summed E-state index contributed by atoms with van der Waals surface area (Å²) in [5.74, 6) is -2.71. The number of nitrogens with two attached hydrogens (primary N) is 3. The van der Waals surface area contributed by atoms with Crippen LogP contribution in [-0.2, 0) is 12.8 Å². The number of primary amides is 2. The van der Waals surface area contributed by atoms with E-state index in [4.69, 9.17) is 32.5 Å². The monoisotopic (exact) mass is 621 g/mol. The molecule has 45 heavy (non-hydrogen) atoms. The summed E-state index contributed by atoms with van der Waals surface area (Å²) in [5.41, 5.74) is 17.9. The summed E-state index contributed by atoms with van der Waals surface area (Å²) in [6.07, 6.45) is 1.25. The number of aryl methyl sites for hydroxylation is 1. The first-order chi connectivity index (χ1) is 21.3. The molecule has 2 amide bonds. The van der Waals surface area contributed by atoms with Crippen molar-refractivity contribution in [2.45, 2.75) is 26.7 Å². The predicted octanol–water partition coefficient (Wildman–Crippen LogP) is 1.73. The number of aliphatic hydroxyl groups excluding tert-OH is 2. The molecule has 0 aliphatic carbocycles. The summed E-state index contributed by atoms with van der Waals surface area (Å²) in [6, 6.07) is 15.7. The van der Waals surface area contributed by atoms with Crippen molar-refractivity contribution in [3.63, 3.8) is 0 Å². The number of pyridine rings is 2. The number of aromatic nitrogens is 2. The minimum Gasteiger partial charge on any atom is -0.494 e. The predicted molar refractivity (Wildman–Crippen MR) is 167 cm³/mol. The third kappa shape index (κ3) is 10.5. The minimum atomic E-state index is -0.874. The molecule has 4 aromatic rings. The van der Waals surface area contributed by atoms with Crippen LogP contribution in [0.25, 0.3) is 0 Å². The van der Waals surface area contributed by atoms with Crippen molar-refractivity contribution in [3.05, 3.63) is 109 Å². The van der Waals surface area contributed by atoms with Gasteiger partial charge >= 0.3 is 0 Å². The molecule has 2 aromatic carbocycles. The van der Waals surface area contributed by atoms with Crippen molar-refractivity contribution in [2.75, 3.05) is 18.9 Å². The average Bonchev–Trinajstić information content (AvgIpc) is 2.95. The lowest BCUT2D eigenvalue weighted by Crippen LogP contribution is -2.18. The number of hydrogen-bond donors (Lipinski definition) is 9. The standard InChI is InChI=1S/C15H16N4O4.C8H11NO.C7H8N2O3/c1-8-11(13(16)21)14(22)17-15(23)12(8)19-18-10-4-2-9(3-5-10)6-7-20;9-8-3-1-7(2-4-8)5-6-10;1-3-2-4(10)9-7(12)5(3)6(8)11/h2-5,20H,6-7H2,1H3,(H2,16,21)(H2,17,22,23);1-4,10H,5-6,9H2;2H,1H3,(H2,8,11)(H2,9,10,12). The molecule has 0 bridgehead atoms. The van der Waals surface area contributed by atoms with Gasteiger partial charge in [0.2, 0.25) is 11.8 Å². The van der Waals surface area contributed by atoms with Crippen LogP contribution in [0.1, 0.15) is 43.0 Å². The number of aliphatic hydroxyl groups is 2. The van der Waals surface area contributed by atoms with E-state index in [2.05, 4.69) is 20.2 Å². The van der Waals surface area contributed by atoms with E-state index in [1.807, 2.05) is 24.3 Å². The topological polar surface area (TPSA) is 284 Å². The number of carbonyl (C=O) groups is 2. The molecule has 0 aliphatic rings. The number of H-pyrrole nitrogens is 2. The average molecular weight is 622 g/mol. The van der Waals surface area contributed by atoms with Gasteiger partial charge in [-0.15, -0.1) is 5.11 Å². The second-order valence-corrected chi connectivity index (χ2v) is 9.48. The number of benzene rings is 2. The molecule has 2 heterocycles. The highest BCUT2D eigenvalue weighted by atomic mass is 16.3. The van der Waals surface area contributed by atoms with Gasteiger partial charge in [-0.05, 0) is 67.6 Å². The molecule has 238 valence electrons. The van der Waals surface area contributed by atoms with Gasteiger partial charge in [0.1, 0.15) is 11.1 Å². The fraction of sp³-hybridized carbons (Fsp3) is 0.200. The van der Waals surface area contributed by atoms with E-state index in [1.54, 1.807) is 24.3 Å². The van der Waals surface area contributed by atoms with Gasteiger partial charge in [0, 0.05) is 30.5 Å². The summed E-state index contributed by atoms with van der Waals surface area (Å²) in [5, 5.41) is 43.9. The van der Waals surface area contributed by atoms with Crippen molar-refractivity contribution >= 4 is 28.9 Å². The van der Waals surface area contributed by atoms with Crippen LogP contribution < -0.4 is 28.3 Å². The number of aromatic hydroxyl groups is 2. The maximum atomic E-state index is 11.8. The van der Waals surface area contributed by atoms with Crippen LogP contribution >= 0.6 is 0 Å². The van der Waals surface area contributed by atoms with E-state index in [9.17, 15) is 24.3 Å².